The SMILES string of the molecule is CC(=O)OCC#C[C@H](O[Si](c1ccccc1)(c1ccccc1)C(C)(C)C)c1ccccc1. The van der Waals surface area contributed by atoms with Gasteiger partial charge in [-0.05, 0) is 21.0 Å². The largest absolute Gasteiger partial charge is 0.453 e. The van der Waals surface area contributed by atoms with Crippen molar-refractivity contribution in [3.63, 3.8) is 0 Å². The fraction of sp³-hybridized carbons (Fsp3) is 0.250. The van der Waals surface area contributed by atoms with E-state index < -0.39 is 14.4 Å². The highest BCUT2D eigenvalue weighted by molar-refractivity contribution is 6.99. The summed E-state index contributed by atoms with van der Waals surface area (Å²) in [5.41, 5.74) is 0.982. The van der Waals surface area contributed by atoms with Crippen LogP contribution >= 0.6 is 0 Å². The van der Waals surface area contributed by atoms with E-state index in [9.17, 15) is 4.79 Å². The van der Waals surface area contributed by atoms with Gasteiger partial charge < -0.3 is 9.16 Å². The van der Waals surface area contributed by atoms with Crippen LogP contribution < -0.4 is 10.4 Å². The van der Waals surface area contributed by atoms with Gasteiger partial charge in [-0.3, -0.25) is 4.79 Å². The second-order valence-corrected chi connectivity index (χ2v) is 12.9. The lowest BCUT2D eigenvalue weighted by atomic mass is 10.1. The summed E-state index contributed by atoms with van der Waals surface area (Å²) < 4.78 is 12.2. The number of ether oxygens (including phenoxy) is 1. The first-order valence-electron chi connectivity index (χ1n) is 10.8. The summed E-state index contributed by atoms with van der Waals surface area (Å²) in [6, 6.07) is 31.0. The fourth-order valence-electron chi connectivity index (χ4n) is 3.95. The summed E-state index contributed by atoms with van der Waals surface area (Å²) in [7, 11) is -2.79. The van der Waals surface area contributed by atoms with Gasteiger partial charge in [0.2, 0.25) is 0 Å². The highest BCUT2D eigenvalue weighted by Crippen LogP contribution is 2.39. The normalized spacial score (nSPS) is 12.4. The summed E-state index contributed by atoms with van der Waals surface area (Å²) in [5.74, 6) is 5.90. The Kier molecular flexibility index (Phi) is 7.69. The minimum Gasteiger partial charge on any atom is -0.453 e. The molecule has 3 aromatic rings. The zero-order chi connectivity index (χ0) is 23.0. The summed E-state index contributed by atoms with van der Waals surface area (Å²) in [6.45, 7) is 8.16. The van der Waals surface area contributed by atoms with Crippen molar-refractivity contribution < 1.29 is 14.0 Å². The number of hydrogen-bond donors (Lipinski definition) is 0. The van der Waals surface area contributed by atoms with Gasteiger partial charge in [-0.1, -0.05) is 124 Å². The highest BCUT2D eigenvalue weighted by Gasteiger charge is 2.51. The van der Waals surface area contributed by atoms with Gasteiger partial charge in [0.25, 0.3) is 8.32 Å². The van der Waals surface area contributed by atoms with Crippen molar-refractivity contribution in [2.24, 2.45) is 0 Å². The number of esters is 1. The molecule has 0 spiro atoms. The third-order valence-electron chi connectivity index (χ3n) is 5.39. The molecule has 0 heterocycles. The first-order chi connectivity index (χ1) is 15.3. The average molecular weight is 443 g/mol. The van der Waals surface area contributed by atoms with Crippen molar-refractivity contribution in [1.29, 1.82) is 0 Å². The molecule has 0 aliphatic rings. The van der Waals surface area contributed by atoms with Gasteiger partial charge in [-0.2, -0.15) is 0 Å². The van der Waals surface area contributed by atoms with Crippen LogP contribution in [-0.4, -0.2) is 20.9 Å². The molecule has 4 heteroatoms. The quantitative estimate of drug-likeness (QED) is 0.310. The molecule has 0 aromatic heterocycles. The van der Waals surface area contributed by atoms with Crippen molar-refractivity contribution in [3.05, 3.63) is 96.6 Å². The lowest BCUT2D eigenvalue weighted by Crippen LogP contribution is -2.66. The molecule has 164 valence electrons. The van der Waals surface area contributed by atoms with E-state index in [1.165, 1.54) is 17.3 Å². The zero-order valence-electron chi connectivity index (χ0n) is 19.2. The van der Waals surface area contributed by atoms with E-state index >= 15 is 0 Å². The first kappa shape index (κ1) is 23.5. The van der Waals surface area contributed by atoms with Crippen LogP contribution in [0.1, 0.15) is 39.4 Å². The third kappa shape index (κ3) is 5.37. The van der Waals surface area contributed by atoms with Crippen molar-refractivity contribution in [3.8, 4) is 11.8 Å². The number of hydrogen-bond acceptors (Lipinski definition) is 3. The number of rotatable bonds is 6. The van der Waals surface area contributed by atoms with E-state index in [4.69, 9.17) is 9.16 Å². The van der Waals surface area contributed by atoms with Crippen LogP contribution in [-0.2, 0) is 14.0 Å². The minimum atomic E-state index is -2.79. The van der Waals surface area contributed by atoms with Gasteiger partial charge in [-0.15, -0.1) is 0 Å². The maximum Gasteiger partial charge on any atom is 0.303 e. The molecule has 0 fully saturated rings. The monoisotopic (exact) mass is 442 g/mol. The number of benzene rings is 3. The van der Waals surface area contributed by atoms with E-state index in [0.29, 0.717) is 0 Å². The van der Waals surface area contributed by atoms with Gasteiger partial charge in [0.1, 0.15) is 6.10 Å². The molecule has 0 saturated heterocycles. The van der Waals surface area contributed by atoms with Crippen molar-refractivity contribution in [2.75, 3.05) is 6.61 Å². The van der Waals surface area contributed by atoms with E-state index in [-0.39, 0.29) is 17.6 Å². The molecule has 0 aliphatic heterocycles. The molecule has 3 nitrogen and oxygen atoms in total. The van der Waals surface area contributed by atoms with Crippen LogP contribution in [0.15, 0.2) is 91.0 Å². The number of carbonyl (C=O) groups is 1. The molecule has 0 radical (unpaired) electrons. The van der Waals surface area contributed by atoms with Crippen LogP contribution in [0.5, 0.6) is 0 Å². The molecule has 1 atom stereocenters. The van der Waals surface area contributed by atoms with E-state index in [1.54, 1.807) is 0 Å². The smallest absolute Gasteiger partial charge is 0.303 e. The molecule has 0 N–H and O–H groups in total. The van der Waals surface area contributed by atoms with Gasteiger partial charge in [0.15, 0.2) is 6.61 Å². The molecule has 3 rings (SSSR count). The van der Waals surface area contributed by atoms with Crippen LogP contribution in [0.2, 0.25) is 5.04 Å². The van der Waals surface area contributed by atoms with E-state index in [2.05, 4.69) is 81.1 Å². The predicted octanol–water partition coefficient (Wildman–Crippen LogP) is 4.87. The predicted molar refractivity (Wildman–Crippen MR) is 132 cm³/mol. The Balaban J connectivity index is 2.17. The summed E-state index contributed by atoms with van der Waals surface area (Å²) in [5, 5.41) is 2.23. The third-order valence-corrected chi connectivity index (χ3v) is 10.4. The molecule has 0 aliphatic carbocycles. The minimum absolute atomic E-state index is 0.0444. The second-order valence-electron chi connectivity index (χ2n) is 8.67. The van der Waals surface area contributed by atoms with Crippen LogP contribution in [0.4, 0.5) is 0 Å². The van der Waals surface area contributed by atoms with Gasteiger partial charge in [0.05, 0.1) is 0 Å². The van der Waals surface area contributed by atoms with Crippen LogP contribution in [0.3, 0.4) is 0 Å². The second kappa shape index (κ2) is 10.5. The molecule has 0 unspecified atom stereocenters. The Morgan fingerprint density at radius 3 is 1.75 bits per heavy atom. The highest BCUT2D eigenvalue weighted by atomic mass is 28.4. The Bertz CT molecular complexity index is 1020. The Morgan fingerprint density at radius 1 is 0.844 bits per heavy atom. The Hall–Kier alpha value is -3.13. The molecule has 32 heavy (non-hydrogen) atoms. The first-order valence-corrected chi connectivity index (χ1v) is 12.7. The molecule has 0 saturated carbocycles. The molecule has 3 aromatic carbocycles. The van der Waals surface area contributed by atoms with Crippen molar-refractivity contribution >= 4 is 24.7 Å². The number of carbonyl (C=O) groups excluding carboxylic acids is 1. The van der Waals surface area contributed by atoms with Crippen molar-refractivity contribution in [2.45, 2.75) is 38.8 Å². The lowest BCUT2D eigenvalue weighted by molar-refractivity contribution is -0.139. The molecular formula is C28H30O3Si. The van der Waals surface area contributed by atoms with Crippen molar-refractivity contribution in [1.82, 2.24) is 0 Å². The van der Waals surface area contributed by atoms with Crippen LogP contribution in [0, 0.1) is 11.8 Å². The maximum absolute atomic E-state index is 11.2. The molecular weight excluding hydrogens is 412 g/mol. The standard InChI is InChI=1S/C28H30O3Si/c1-23(29)30-22-14-21-27(24-15-8-5-9-16-24)31-32(28(2,3)4,25-17-10-6-11-18-25)26-19-12-7-13-20-26/h5-13,15-20,27H,22H2,1-4H3/t27-/m0/s1. The van der Waals surface area contributed by atoms with E-state index in [0.717, 1.165) is 5.56 Å². The van der Waals surface area contributed by atoms with Gasteiger partial charge in [0, 0.05) is 6.92 Å². The fourth-order valence-corrected chi connectivity index (χ4v) is 8.51. The Morgan fingerprint density at radius 2 is 1.31 bits per heavy atom. The summed E-state index contributed by atoms with van der Waals surface area (Å²) in [6.07, 6.45) is -0.460. The summed E-state index contributed by atoms with van der Waals surface area (Å²) in [4.78, 5) is 11.2. The molecule has 0 bridgehead atoms. The van der Waals surface area contributed by atoms with Gasteiger partial charge in [-0.25, -0.2) is 0 Å². The summed E-state index contributed by atoms with van der Waals surface area (Å²) >= 11 is 0. The topological polar surface area (TPSA) is 35.5 Å². The maximum atomic E-state index is 11.2. The average Bonchev–Trinajstić information content (AvgIpc) is 2.79. The van der Waals surface area contributed by atoms with Gasteiger partial charge >= 0.3 is 5.97 Å². The van der Waals surface area contributed by atoms with E-state index in [1.807, 2.05) is 42.5 Å². The van der Waals surface area contributed by atoms with Crippen LogP contribution in [0.25, 0.3) is 0 Å². The lowest BCUT2D eigenvalue weighted by Gasteiger charge is -2.44. The molecule has 0 amide bonds. The zero-order valence-corrected chi connectivity index (χ0v) is 20.2. The Labute approximate surface area is 192 Å².